The van der Waals surface area contributed by atoms with Crippen LogP contribution in [-0.2, 0) is 20.0 Å². The Morgan fingerprint density at radius 1 is 1.11 bits per heavy atom. The fourth-order valence-corrected chi connectivity index (χ4v) is 5.56. The number of hydrogen-bond donors (Lipinski definition) is 1. The SMILES string of the molecule is CC(C)c1ccc(C2(C(=O)NCCN3CCS(=O)(=O)CC3)CCCC2)cc1. The number of benzene rings is 1. The summed E-state index contributed by atoms with van der Waals surface area (Å²) < 4.78 is 23.0. The van der Waals surface area contributed by atoms with Crippen LogP contribution in [0.25, 0.3) is 0 Å². The van der Waals surface area contributed by atoms with Crippen LogP contribution in [0.1, 0.15) is 56.6 Å². The lowest BCUT2D eigenvalue weighted by molar-refractivity contribution is -0.126. The Bertz CT molecular complexity index is 736. The molecule has 2 fully saturated rings. The van der Waals surface area contributed by atoms with E-state index in [-0.39, 0.29) is 17.4 Å². The molecule has 27 heavy (non-hydrogen) atoms. The zero-order valence-corrected chi connectivity index (χ0v) is 17.4. The number of nitrogens with one attached hydrogen (secondary N) is 1. The summed E-state index contributed by atoms with van der Waals surface area (Å²) in [4.78, 5) is 15.2. The van der Waals surface area contributed by atoms with Gasteiger partial charge in [0.25, 0.3) is 0 Å². The number of carbonyl (C=O) groups is 1. The fourth-order valence-electron chi connectivity index (χ4n) is 4.28. The first-order valence-electron chi connectivity index (χ1n) is 10.1. The van der Waals surface area contributed by atoms with Gasteiger partial charge in [0.15, 0.2) is 9.84 Å². The molecule has 0 radical (unpaired) electrons. The van der Waals surface area contributed by atoms with Crippen LogP contribution in [0.15, 0.2) is 24.3 Å². The molecular weight excluding hydrogens is 360 g/mol. The molecule has 1 saturated heterocycles. The van der Waals surface area contributed by atoms with Crippen LogP contribution in [0.3, 0.4) is 0 Å². The van der Waals surface area contributed by atoms with Crippen molar-refractivity contribution in [2.45, 2.75) is 50.9 Å². The van der Waals surface area contributed by atoms with E-state index in [9.17, 15) is 13.2 Å². The third-order valence-corrected chi connectivity index (χ3v) is 7.78. The van der Waals surface area contributed by atoms with Gasteiger partial charge in [0, 0.05) is 26.2 Å². The van der Waals surface area contributed by atoms with E-state index in [1.54, 1.807) is 0 Å². The third kappa shape index (κ3) is 4.72. The molecule has 6 heteroatoms. The van der Waals surface area contributed by atoms with Gasteiger partial charge in [-0.05, 0) is 29.9 Å². The number of amides is 1. The second kappa shape index (κ2) is 8.31. The van der Waals surface area contributed by atoms with Crippen molar-refractivity contribution in [3.05, 3.63) is 35.4 Å². The first-order valence-corrected chi connectivity index (χ1v) is 12.0. The van der Waals surface area contributed by atoms with Crippen LogP contribution >= 0.6 is 0 Å². The molecule has 1 N–H and O–H groups in total. The van der Waals surface area contributed by atoms with E-state index in [4.69, 9.17) is 0 Å². The maximum atomic E-state index is 13.1. The Labute approximate surface area is 163 Å². The molecule has 1 heterocycles. The van der Waals surface area contributed by atoms with Gasteiger partial charge in [-0.15, -0.1) is 0 Å². The predicted octanol–water partition coefficient (Wildman–Crippen LogP) is 2.47. The van der Waals surface area contributed by atoms with Crippen molar-refractivity contribution in [2.75, 3.05) is 37.7 Å². The van der Waals surface area contributed by atoms with E-state index in [1.807, 2.05) is 0 Å². The topological polar surface area (TPSA) is 66.5 Å². The first kappa shape index (κ1) is 20.3. The smallest absolute Gasteiger partial charge is 0.230 e. The lowest BCUT2D eigenvalue weighted by Crippen LogP contribution is -2.47. The van der Waals surface area contributed by atoms with Gasteiger partial charge in [0.05, 0.1) is 16.9 Å². The molecule has 150 valence electrons. The van der Waals surface area contributed by atoms with Crippen LogP contribution in [0.4, 0.5) is 0 Å². The quantitative estimate of drug-likeness (QED) is 0.808. The summed E-state index contributed by atoms with van der Waals surface area (Å²) in [5.74, 6) is 1.07. The van der Waals surface area contributed by atoms with Gasteiger partial charge >= 0.3 is 0 Å². The van der Waals surface area contributed by atoms with E-state index in [2.05, 4.69) is 48.3 Å². The average molecular weight is 393 g/mol. The van der Waals surface area contributed by atoms with Crippen molar-refractivity contribution in [1.29, 1.82) is 0 Å². The molecule has 3 rings (SSSR count). The lowest BCUT2D eigenvalue weighted by Gasteiger charge is -2.30. The molecule has 1 saturated carbocycles. The summed E-state index contributed by atoms with van der Waals surface area (Å²) in [5.41, 5.74) is 2.03. The zero-order chi connectivity index (χ0) is 19.5. The van der Waals surface area contributed by atoms with E-state index < -0.39 is 15.3 Å². The molecule has 1 aliphatic carbocycles. The normalized spacial score (nSPS) is 22.0. The summed E-state index contributed by atoms with van der Waals surface area (Å²) in [6.45, 7) is 6.78. The third-order valence-electron chi connectivity index (χ3n) is 6.17. The van der Waals surface area contributed by atoms with E-state index in [0.29, 0.717) is 32.1 Å². The summed E-state index contributed by atoms with van der Waals surface area (Å²) in [5, 5.41) is 3.14. The highest BCUT2D eigenvalue weighted by Gasteiger charge is 2.42. The molecule has 1 amide bonds. The molecule has 0 bridgehead atoms. The van der Waals surface area contributed by atoms with Gasteiger partial charge < -0.3 is 5.32 Å². The zero-order valence-electron chi connectivity index (χ0n) is 16.5. The molecule has 1 aromatic carbocycles. The lowest BCUT2D eigenvalue weighted by atomic mass is 9.77. The van der Waals surface area contributed by atoms with Crippen LogP contribution in [0.2, 0.25) is 0 Å². The molecule has 1 aromatic rings. The second-order valence-electron chi connectivity index (χ2n) is 8.32. The Morgan fingerprint density at radius 3 is 2.26 bits per heavy atom. The van der Waals surface area contributed by atoms with Gasteiger partial charge in [-0.2, -0.15) is 0 Å². The largest absolute Gasteiger partial charge is 0.354 e. The van der Waals surface area contributed by atoms with Gasteiger partial charge in [0.2, 0.25) is 5.91 Å². The van der Waals surface area contributed by atoms with Crippen LogP contribution < -0.4 is 5.32 Å². The average Bonchev–Trinajstić information content (AvgIpc) is 3.14. The standard InChI is InChI=1S/C21H32N2O3S/c1-17(2)18-5-7-19(8-6-18)21(9-3-4-10-21)20(24)22-11-12-23-13-15-27(25,26)16-14-23/h5-8,17H,3-4,9-16H2,1-2H3,(H,22,24). The minimum Gasteiger partial charge on any atom is -0.354 e. The Hall–Kier alpha value is -1.40. The number of rotatable bonds is 6. The fraction of sp³-hybridized carbons (Fsp3) is 0.667. The molecule has 5 nitrogen and oxygen atoms in total. The van der Waals surface area contributed by atoms with Gasteiger partial charge in [-0.1, -0.05) is 51.0 Å². The summed E-state index contributed by atoms with van der Waals surface area (Å²) in [7, 11) is -2.85. The van der Waals surface area contributed by atoms with E-state index in [1.165, 1.54) is 5.56 Å². The van der Waals surface area contributed by atoms with Crippen molar-refractivity contribution in [2.24, 2.45) is 0 Å². The molecule has 0 unspecified atom stereocenters. The summed E-state index contributed by atoms with van der Waals surface area (Å²) >= 11 is 0. The monoisotopic (exact) mass is 392 g/mol. The maximum Gasteiger partial charge on any atom is 0.230 e. The molecule has 2 aliphatic rings. The summed E-state index contributed by atoms with van der Waals surface area (Å²) in [6, 6.07) is 8.58. The van der Waals surface area contributed by atoms with Crippen molar-refractivity contribution in [3.8, 4) is 0 Å². The molecular formula is C21H32N2O3S. The molecule has 0 aromatic heterocycles. The maximum absolute atomic E-state index is 13.1. The van der Waals surface area contributed by atoms with Crippen molar-refractivity contribution < 1.29 is 13.2 Å². The molecule has 0 atom stereocenters. The minimum absolute atomic E-state index is 0.127. The van der Waals surface area contributed by atoms with Crippen molar-refractivity contribution in [3.63, 3.8) is 0 Å². The number of hydrogen-bond acceptors (Lipinski definition) is 4. The minimum atomic E-state index is -2.85. The number of sulfone groups is 1. The van der Waals surface area contributed by atoms with Crippen molar-refractivity contribution in [1.82, 2.24) is 10.2 Å². The molecule has 0 spiro atoms. The Kier molecular flexibility index (Phi) is 6.26. The van der Waals surface area contributed by atoms with Crippen LogP contribution in [0, 0.1) is 0 Å². The highest BCUT2D eigenvalue weighted by atomic mass is 32.2. The highest BCUT2D eigenvalue weighted by Crippen LogP contribution is 2.41. The first-order chi connectivity index (χ1) is 12.8. The van der Waals surface area contributed by atoms with Crippen molar-refractivity contribution >= 4 is 15.7 Å². The molecule has 1 aliphatic heterocycles. The second-order valence-corrected chi connectivity index (χ2v) is 10.6. The number of nitrogens with zero attached hydrogens (tertiary/aromatic N) is 1. The van der Waals surface area contributed by atoms with E-state index in [0.717, 1.165) is 31.2 Å². The Morgan fingerprint density at radius 2 is 1.70 bits per heavy atom. The van der Waals surface area contributed by atoms with E-state index >= 15 is 0 Å². The number of carbonyl (C=O) groups excluding carboxylic acids is 1. The van der Waals surface area contributed by atoms with Gasteiger partial charge in [0.1, 0.15) is 0 Å². The van der Waals surface area contributed by atoms with Crippen LogP contribution in [0.5, 0.6) is 0 Å². The predicted molar refractivity (Wildman–Crippen MR) is 109 cm³/mol. The van der Waals surface area contributed by atoms with Crippen LogP contribution in [-0.4, -0.2) is 56.9 Å². The van der Waals surface area contributed by atoms with Gasteiger partial charge in [-0.3, -0.25) is 9.69 Å². The Balaban J connectivity index is 1.60. The summed E-state index contributed by atoms with van der Waals surface area (Å²) in [6.07, 6.45) is 3.98. The van der Waals surface area contributed by atoms with Gasteiger partial charge in [-0.25, -0.2) is 8.42 Å². The highest BCUT2D eigenvalue weighted by molar-refractivity contribution is 7.91.